The Labute approximate surface area is 180 Å². The van der Waals surface area contributed by atoms with E-state index in [1.807, 2.05) is 0 Å². The minimum absolute atomic E-state index is 0.0228. The third-order valence-corrected chi connectivity index (χ3v) is 7.82. The van der Waals surface area contributed by atoms with E-state index in [0.29, 0.717) is 17.9 Å². The van der Waals surface area contributed by atoms with Crippen LogP contribution < -0.4 is 5.32 Å². The zero-order chi connectivity index (χ0) is 20.3. The molecule has 0 bridgehead atoms. The van der Waals surface area contributed by atoms with Gasteiger partial charge in [-0.1, -0.05) is 73.5 Å². The number of carbonyl (C=O) groups is 1. The van der Waals surface area contributed by atoms with E-state index >= 15 is 0 Å². The highest BCUT2D eigenvalue weighted by Crippen LogP contribution is 2.41. The second-order valence-corrected chi connectivity index (χ2v) is 9.73. The lowest BCUT2D eigenvalue weighted by Gasteiger charge is -2.27. The molecule has 2 aliphatic carbocycles. The fraction of sp³-hybridized carbons (Fsp3) is 0.519. The lowest BCUT2D eigenvalue weighted by atomic mass is 9.83. The normalized spacial score (nSPS) is 27.8. The summed E-state index contributed by atoms with van der Waals surface area (Å²) in [5.41, 5.74) is 2.59. The molecule has 0 aromatic heterocycles. The van der Waals surface area contributed by atoms with E-state index in [0.717, 1.165) is 25.4 Å². The molecule has 1 N–H and O–H groups in total. The van der Waals surface area contributed by atoms with E-state index in [1.54, 1.807) is 0 Å². The Morgan fingerprint density at radius 3 is 2.33 bits per heavy atom. The monoisotopic (exact) mass is 402 g/mol. The quantitative estimate of drug-likeness (QED) is 0.738. The molecule has 2 saturated carbocycles. The average molecular weight is 403 g/mol. The molecule has 158 valence electrons. The third kappa shape index (κ3) is 4.18. The molecule has 1 unspecified atom stereocenters. The zero-order valence-corrected chi connectivity index (χ0v) is 17.9. The Morgan fingerprint density at radius 2 is 1.60 bits per heavy atom. The van der Waals surface area contributed by atoms with Gasteiger partial charge in [-0.2, -0.15) is 0 Å². The van der Waals surface area contributed by atoms with Crippen molar-refractivity contribution in [2.45, 2.75) is 57.0 Å². The largest absolute Gasteiger partial charge is 0.352 e. The zero-order valence-electron chi connectivity index (χ0n) is 17.9. The molecule has 30 heavy (non-hydrogen) atoms. The van der Waals surface area contributed by atoms with Gasteiger partial charge in [0.05, 0.1) is 5.92 Å². The second kappa shape index (κ2) is 8.93. The average Bonchev–Trinajstić information content (AvgIpc) is 3.50. The van der Waals surface area contributed by atoms with Gasteiger partial charge in [0.1, 0.15) is 0 Å². The van der Waals surface area contributed by atoms with Gasteiger partial charge in [0, 0.05) is 25.7 Å². The number of nitrogens with zero attached hydrogens (tertiary/aromatic N) is 1. The summed E-state index contributed by atoms with van der Waals surface area (Å²) in [6, 6.07) is 21.6. The van der Waals surface area contributed by atoms with Crippen LogP contribution in [-0.2, 0) is 11.3 Å². The molecule has 3 fully saturated rings. The number of rotatable bonds is 6. The first kappa shape index (κ1) is 19.8. The third-order valence-electron chi connectivity index (χ3n) is 7.82. The van der Waals surface area contributed by atoms with Gasteiger partial charge in [-0.15, -0.1) is 0 Å². The molecule has 3 aliphatic rings. The Morgan fingerprint density at radius 1 is 0.900 bits per heavy atom. The molecule has 1 saturated heterocycles. The van der Waals surface area contributed by atoms with E-state index in [1.165, 1.54) is 49.8 Å². The van der Waals surface area contributed by atoms with Crippen molar-refractivity contribution in [3.05, 3.63) is 71.8 Å². The predicted octanol–water partition coefficient (Wildman–Crippen LogP) is 4.99. The van der Waals surface area contributed by atoms with Crippen LogP contribution >= 0.6 is 0 Å². The molecule has 3 nitrogen and oxygen atoms in total. The number of carbonyl (C=O) groups excluding carboxylic acids is 1. The molecule has 1 heterocycles. The van der Waals surface area contributed by atoms with Gasteiger partial charge in [-0.3, -0.25) is 9.69 Å². The summed E-state index contributed by atoms with van der Waals surface area (Å²) in [5.74, 6) is 2.15. The molecule has 0 radical (unpaired) electrons. The van der Waals surface area contributed by atoms with Gasteiger partial charge in [0.25, 0.3) is 0 Å². The number of amides is 1. The van der Waals surface area contributed by atoms with Crippen molar-refractivity contribution in [3.63, 3.8) is 0 Å². The fourth-order valence-corrected chi connectivity index (χ4v) is 6.37. The van der Waals surface area contributed by atoms with Gasteiger partial charge in [-0.25, -0.2) is 0 Å². The molecule has 1 aliphatic heterocycles. The van der Waals surface area contributed by atoms with E-state index in [-0.39, 0.29) is 11.8 Å². The number of fused-ring (bicyclic) bond motifs is 1. The van der Waals surface area contributed by atoms with Crippen LogP contribution in [0.1, 0.15) is 55.6 Å². The molecule has 4 atom stereocenters. The Bertz CT molecular complexity index is 830. The lowest BCUT2D eigenvalue weighted by molar-refractivity contribution is -0.124. The number of nitrogens with one attached hydrogen (secondary N) is 1. The smallest absolute Gasteiger partial charge is 0.228 e. The summed E-state index contributed by atoms with van der Waals surface area (Å²) in [4.78, 5) is 16.1. The highest BCUT2D eigenvalue weighted by atomic mass is 16.2. The SMILES string of the molecule is O=C(N[C@@H]1CC[C@H]2CN(Cc3ccccc3)C[C@H]21)C(c1ccccc1)C1CCCC1. The van der Waals surface area contributed by atoms with Crippen molar-refractivity contribution in [3.8, 4) is 0 Å². The van der Waals surface area contributed by atoms with E-state index in [9.17, 15) is 4.79 Å². The fourth-order valence-electron chi connectivity index (χ4n) is 6.37. The van der Waals surface area contributed by atoms with Gasteiger partial charge in [-0.05, 0) is 54.6 Å². The molecular weight excluding hydrogens is 368 g/mol. The highest BCUT2D eigenvalue weighted by Gasteiger charge is 2.44. The van der Waals surface area contributed by atoms with Crippen LogP contribution in [0.15, 0.2) is 60.7 Å². The highest BCUT2D eigenvalue weighted by molar-refractivity contribution is 5.84. The summed E-state index contributed by atoms with van der Waals surface area (Å²) in [6.45, 7) is 3.32. The van der Waals surface area contributed by atoms with Crippen molar-refractivity contribution in [2.75, 3.05) is 13.1 Å². The summed E-state index contributed by atoms with van der Waals surface area (Å²) in [5, 5.41) is 3.54. The van der Waals surface area contributed by atoms with Crippen LogP contribution in [0, 0.1) is 17.8 Å². The van der Waals surface area contributed by atoms with Gasteiger partial charge < -0.3 is 5.32 Å². The van der Waals surface area contributed by atoms with Crippen molar-refractivity contribution in [2.24, 2.45) is 17.8 Å². The summed E-state index contributed by atoms with van der Waals surface area (Å²) < 4.78 is 0. The first-order valence-corrected chi connectivity index (χ1v) is 11.9. The van der Waals surface area contributed by atoms with Crippen molar-refractivity contribution in [1.82, 2.24) is 10.2 Å². The van der Waals surface area contributed by atoms with Crippen molar-refractivity contribution < 1.29 is 4.79 Å². The van der Waals surface area contributed by atoms with Crippen LogP contribution in [0.3, 0.4) is 0 Å². The van der Waals surface area contributed by atoms with E-state index in [2.05, 4.69) is 70.9 Å². The minimum atomic E-state index is 0.0228. The topological polar surface area (TPSA) is 32.3 Å². The maximum Gasteiger partial charge on any atom is 0.228 e. The number of hydrogen-bond acceptors (Lipinski definition) is 2. The first-order valence-electron chi connectivity index (χ1n) is 11.9. The summed E-state index contributed by atoms with van der Waals surface area (Å²) >= 11 is 0. The maximum atomic E-state index is 13.5. The molecule has 2 aromatic rings. The Balaban J connectivity index is 1.25. The summed E-state index contributed by atoms with van der Waals surface area (Å²) in [7, 11) is 0. The van der Waals surface area contributed by atoms with E-state index in [4.69, 9.17) is 0 Å². The summed E-state index contributed by atoms with van der Waals surface area (Å²) in [6.07, 6.45) is 7.31. The maximum absolute atomic E-state index is 13.5. The van der Waals surface area contributed by atoms with E-state index < -0.39 is 0 Å². The molecular formula is C27H34N2O. The molecule has 3 heteroatoms. The van der Waals surface area contributed by atoms with Crippen LogP contribution in [0.2, 0.25) is 0 Å². The Kier molecular flexibility index (Phi) is 5.90. The van der Waals surface area contributed by atoms with Crippen LogP contribution in [0.5, 0.6) is 0 Å². The lowest BCUT2D eigenvalue weighted by Crippen LogP contribution is -2.43. The van der Waals surface area contributed by atoms with Crippen LogP contribution in [0.25, 0.3) is 0 Å². The van der Waals surface area contributed by atoms with Crippen LogP contribution in [0.4, 0.5) is 0 Å². The van der Waals surface area contributed by atoms with Gasteiger partial charge in [0.2, 0.25) is 5.91 Å². The Hall–Kier alpha value is -2.13. The standard InChI is InChI=1S/C27H34N2O/c30-27(26(22-13-7-8-14-22)21-11-5-2-6-12-21)28-25-16-15-23-18-29(19-24(23)25)17-20-9-3-1-4-10-20/h1-6,9-12,22-26H,7-8,13-19H2,(H,28,30)/t23-,24+,25+,26?/m0/s1. The number of likely N-dealkylation sites (tertiary alicyclic amines) is 1. The van der Waals surface area contributed by atoms with Crippen molar-refractivity contribution >= 4 is 5.91 Å². The molecule has 5 rings (SSSR count). The van der Waals surface area contributed by atoms with Crippen LogP contribution in [-0.4, -0.2) is 29.9 Å². The molecule has 1 amide bonds. The van der Waals surface area contributed by atoms with Crippen molar-refractivity contribution in [1.29, 1.82) is 0 Å². The van der Waals surface area contributed by atoms with Gasteiger partial charge in [0.15, 0.2) is 0 Å². The van der Waals surface area contributed by atoms with Gasteiger partial charge >= 0.3 is 0 Å². The molecule has 0 spiro atoms. The number of benzene rings is 2. The predicted molar refractivity (Wildman–Crippen MR) is 121 cm³/mol. The number of hydrogen-bond donors (Lipinski definition) is 1. The second-order valence-electron chi connectivity index (χ2n) is 9.73. The minimum Gasteiger partial charge on any atom is -0.352 e. The molecule has 2 aromatic carbocycles. The first-order chi connectivity index (χ1) is 14.8.